The molecule has 2 heterocycles. The van der Waals surface area contributed by atoms with Gasteiger partial charge in [-0.3, -0.25) is 4.79 Å². The van der Waals surface area contributed by atoms with E-state index in [1.807, 2.05) is 0 Å². The SMILES string of the molecule is CNc1sc2c(c(O)c(C(=O)O)c(=O)n2NC)c1NC. The molecule has 0 amide bonds. The zero-order valence-electron chi connectivity index (χ0n) is 11.1. The summed E-state index contributed by atoms with van der Waals surface area (Å²) >= 11 is 1.22. The van der Waals surface area contributed by atoms with Gasteiger partial charge in [-0.2, -0.15) is 0 Å². The number of hydrogen-bond donors (Lipinski definition) is 5. The number of nitrogens with zero attached hydrogens (tertiary/aromatic N) is 1. The van der Waals surface area contributed by atoms with Crippen LogP contribution in [0.5, 0.6) is 5.75 Å². The first kappa shape index (κ1) is 14.0. The van der Waals surface area contributed by atoms with Gasteiger partial charge in [-0.25, -0.2) is 9.47 Å². The van der Waals surface area contributed by atoms with Gasteiger partial charge in [0.05, 0.1) is 11.1 Å². The number of fused-ring (bicyclic) bond motifs is 1. The fraction of sp³-hybridized carbons (Fsp3) is 0.273. The van der Waals surface area contributed by atoms with Crippen LogP contribution in [0.1, 0.15) is 10.4 Å². The van der Waals surface area contributed by atoms with Gasteiger partial charge in [-0.15, -0.1) is 0 Å². The molecule has 0 saturated heterocycles. The van der Waals surface area contributed by atoms with Crippen molar-refractivity contribution < 1.29 is 15.0 Å². The molecule has 2 rings (SSSR count). The van der Waals surface area contributed by atoms with Crippen LogP contribution in [0.15, 0.2) is 4.79 Å². The van der Waals surface area contributed by atoms with Gasteiger partial charge in [0.15, 0.2) is 5.56 Å². The first-order chi connectivity index (χ1) is 9.47. The minimum absolute atomic E-state index is 0.285. The number of aromatic hydroxyl groups is 1. The van der Waals surface area contributed by atoms with Crippen molar-refractivity contribution in [3.63, 3.8) is 0 Å². The van der Waals surface area contributed by atoms with E-state index in [0.29, 0.717) is 15.5 Å². The average Bonchev–Trinajstić information content (AvgIpc) is 2.77. The van der Waals surface area contributed by atoms with Crippen LogP contribution in [-0.2, 0) is 0 Å². The Morgan fingerprint density at radius 3 is 2.35 bits per heavy atom. The number of thiophene rings is 1. The third-order valence-corrected chi connectivity index (χ3v) is 4.09. The number of rotatable bonds is 4. The predicted molar refractivity (Wildman–Crippen MR) is 79.1 cm³/mol. The predicted octanol–water partition coefficient (Wildman–Crippen LogP) is 0.724. The van der Waals surface area contributed by atoms with E-state index in [1.165, 1.54) is 18.4 Å². The monoisotopic (exact) mass is 298 g/mol. The summed E-state index contributed by atoms with van der Waals surface area (Å²) in [4.78, 5) is 23.7. The molecule has 9 heteroatoms. The summed E-state index contributed by atoms with van der Waals surface area (Å²) in [5.74, 6) is -2.01. The van der Waals surface area contributed by atoms with Gasteiger partial charge in [0, 0.05) is 21.1 Å². The first-order valence-corrected chi connectivity index (χ1v) is 6.50. The summed E-state index contributed by atoms with van der Waals surface area (Å²) in [5.41, 5.74) is 1.70. The second-order valence-electron chi connectivity index (χ2n) is 3.88. The van der Waals surface area contributed by atoms with E-state index >= 15 is 0 Å². The van der Waals surface area contributed by atoms with Crippen molar-refractivity contribution in [1.82, 2.24) is 4.68 Å². The molecule has 0 saturated carbocycles. The lowest BCUT2D eigenvalue weighted by Crippen LogP contribution is -2.31. The fourth-order valence-electron chi connectivity index (χ4n) is 2.04. The Hall–Kier alpha value is -2.42. The van der Waals surface area contributed by atoms with Crippen LogP contribution in [0.2, 0.25) is 0 Å². The van der Waals surface area contributed by atoms with Gasteiger partial charge in [0.2, 0.25) is 0 Å². The Bertz CT molecular complexity index is 749. The Balaban J connectivity index is 3.07. The van der Waals surface area contributed by atoms with Crippen molar-refractivity contribution in [3.05, 3.63) is 15.9 Å². The lowest BCUT2D eigenvalue weighted by atomic mass is 10.2. The molecule has 2 aromatic rings. The number of carbonyl (C=O) groups is 1. The van der Waals surface area contributed by atoms with E-state index in [1.54, 1.807) is 14.1 Å². The van der Waals surface area contributed by atoms with Gasteiger partial charge < -0.3 is 26.3 Å². The molecular weight excluding hydrogens is 284 g/mol. The highest BCUT2D eigenvalue weighted by atomic mass is 32.1. The lowest BCUT2D eigenvalue weighted by Gasteiger charge is -2.10. The standard InChI is InChI=1S/C11H14N4O4S/c1-12-6-4-7(16)5(11(18)19)9(17)15(14-3)10(4)20-8(6)13-2/h12-14,16H,1-3H3,(H,18,19). The summed E-state index contributed by atoms with van der Waals surface area (Å²) in [6.45, 7) is 0. The van der Waals surface area contributed by atoms with Crippen LogP contribution >= 0.6 is 11.3 Å². The molecule has 0 radical (unpaired) electrons. The van der Waals surface area contributed by atoms with Crippen molar-refractivity contribution in [2.75, 3.05) is 37.2 Å². The molecule has 0 spiro atoms. The highest BCUT2D eigenvalue weighted by molar-refractivity contribution is 7.23. The number of anilines is 2. The molecule has 5 N–H and O–H groups in total. The quantitative estimate of drug-likeness (QED) is 0.565. The van der Waals surface area contributed by atoms with E-state index in [-0.39, 0.29) is 5.39 Å². The number of aromatic nitrogens is 1. The molecule has 0 bridgehead atoms. The Kier molecular flexibility index (Phi) is 3.45. The molecular formula is C11H14N4O4S. The molecule has 8 nitrogen and oxygen atoms in total. The van der Waals surface area contributed by atoms with Gasteiger partial charge in [-0.05, 0) is 0 Å². The number of hydrogen-bond acceptors (Lipinski definition) is 7. The van der Waals surface area contributed by atoms with Crippen LogP contribution in [0, 0.1) is 0 Å². The molecule has 0 aliphatic heterocycles. The number of carboxylic acid groups (broad SMARTS) is 1. The van der Waals surface area contributed by atoms with Gasteiger partial charge >= 0.3 is 5.97 Å². The molecule has 108 valence electrons. The van der Waals surface area contributed by atoms with Crippen LogP contribution in [0.4, 0.5) is 10.7 Å². The highest BCUT2D eigenvalue weighted by Crippen LogP contribution is 2.44. The molecule has 0 fully saturated rings. The topological polar surface area (TPSA) is 116 Å². The molecule has 0 aliphatic rings. The maximum absolute atomic E-state index is 12.1. The Morgan fingerprint density at radius 2 is 1.90 bits per heavy atom. The van der Waals surface area contributed by atoms with Crippen molar-refractivity contribution >= 4 is 38.2 Å². The van der Waals surface area contributed by atoms with Crippen LogP contribution in [0.25, 0.3) is 10.2 Å². The molecule has 0 aromatic carbocycles. The summed E-state index contributed by atoms with van der Waals surface area (Å²) in [6.07, 6.45) is 0. The third kappa shape index (κ3) is 1.74. The third-order valence-electron chi connectivity index (χ3n) is 2.90. The maximum Gasteiger partial charge on any atom is 0.345 e. The van der Waals surface area contributed by atoms with E-state index in [2.05, 4.69) is 16.1 Å². The van der Waals surface area contributed by atoms with E-state index in [0.717, 1.165) is 4.68 Å². The van der Waals surface area contributed by atoms with E-state index in [4.69, 9.17) is 5.11 Å². The van der Waals surface area contributed by atoms with Crippen molar-refractivity contribution in [2.24, 2.45) is 0 Å². The summed E-state index contributed by atoms with van der Waals surface area (Å²) in [6, 6.07) is 0. The number of aromatic carboxylic acids is 1. The number of carboxylic acids is 1. The molecule has 2 aromatic heterocycles. The molecule has 0 atom stereocenters. The highest BCUT2D eigenvalue weighted by Gasteiger charge is 2.26. The summed E-state index contributed by atoms with van der Waals surface area (Å²) in [7, 11) is 4.85. The second-order valence-corrected chi connectivity index (χ2v) is 4.88. The minimum atomic E-state index is -1.47. The average molecular weight is 298 g/mol. The van der Waals surface area contributed by atoms with Crippen LogP contribution in [0.3, 0.4) is 0 Å². The smallest absolute Gasteiger partial charge is 0.345 e. The second kappa shape index (κ2) is 4.93. The van der Waals surface area contributed by atoms with Crippen molar-refractivity contribution in [1.29, 1.82) is 0 Å². The zero-order valence-corrected chi connectivity index (χ0v) is 11.9. The lowest BCUT2D eigenvalue weighted by molar-refractivity contribution is 0.0691. The van der Waals surface area contributed by atoms with Gasteiger partial charge in [0.1, 0.15) is 15.6 Å². The molecule has 0 aliphatic carbocycles. The first-order valence-electron chi connectivity index (χ1n) is 5.68. The number of nitrogens with one attached hydrogen (secondary N) is 3. The largest absolute Gasteiger partial charge is 0.506 e. The van der Waals surface area contributed by atoms with E-state index in [9.17, 15) is 14.7 Å². The summed E-state index contributed by atoms with van der Waals surface area (Å²) < 4.78 is 1.10. The van der Waals surface area contributed by atoms with Crippen molar-refractivity contribution in [3.8, 4) is 5.75 Å². The molecule has 0 unspecified atom stereocenters. The molecule has 20 heavy (non-hydrogen) atoms. The normalized spacial score (nSPS) is 10.6. The fourth-order valence-corrected chi connectivity index (χ4v) is 3.20. The van der Waals surface area contributed by atoms with Gasteiger partial charge in [0.25, 0.3) is 5.56 Å². The van der Waals surface area contributed by atoms with Crippen LogP contribution < -0.4 is 21.6 Å². The zero-order chi connectivity index (χ0) is 15.0. The number of pyridine rings is 1. The Morgan fingerprint density at radius 1 is 1.25 bits per heavy atom. The van der Waals surface area contributed by atoms with Crippen molar-refractivity contribution in [2.45, 2.75) is 0 Å². The minimum Gasteiger partial charge on any atom is -0.506 e. The van der Waals surface area contributed by atoms with E-state index < -0.39 is 22.8 Å². The Labute approximate surface area is 117 Å². The van der Waals surface area contributed by atoms with Gasteiger partial charge in [-0.1, -0.05) is 11.3 Å². The van der Waals surface area contributed by atoms with Crippen LogP contribution in [-0.4, -0.2) is 42.0 Å². The maximum atomic E-state index is 12.1. The summed E-state index contributed by atoms with van der Waals surface area (Å²) in [5, 5.41) is 26.1.